The molecular formula is C14H12N2O. The van der Waals surface area contributed by atoms with Gasteiger partial charge in [0.25, 0.3) is 0 Å². The number of hydrogen-bond acceptors (Lipinski definition) is 2. The molecule has 3 nitrogen and oxygen atoms in total. The molecule has 1 aliphatic heterocycles. The monoisotopic (exact) mass is 224 g/mol. The van der Waals surface area contributed by atoms with Crippen molar-refractivity contribution in [1.29, 1.82) is 0 Å². The van der Waals surface area contributed by atoms with Gasteiger partial charge in [0, 0.05) is 11.9 Å². The van der Waals surface area contributed by atoms with Crippen molar-refractivity contribution in [2.24, 2.45) is 0 Å². The van der Waals surface area contributed by atoms with Crippen LogP contribution in [-0.2, 0) is 11.2 Å². The summed E-state index contributed by atoms with van der Waals surface area (Å²) >= 11 is 0. The van der Waals surface area contributed by atoms with Crippen molar-refractivity contribution in [1.82, 2.24) is 4.98 Å². The van der Waals surface area contributed by atoms with Gasteiger partial charge in [-0.25, -0.2) is 0 Å². The molecule has 84 valence electrons. The van der Waals surface area contributed by atoms with Gasteiger partial charge in [-0.2, -0.15) is 0 Å². The molecular weight excluding hydrogens is 212 g/mol. The van der Waals surface area contributed by atoms with Crippen molar-refractivity contribution in [3.8, 4) is 0 Å². The molecule has 0 saturated carbocycles. The molecule has 1 amide bonds. The average Bonchev–Trinajstić information content (AvgIpc) is 2.39. The number of fused-ring (bicyclic) bond motifs is 1. The molecule has 1 aromatic carbocycles. The Morgan fingerprint density at radius 1 is 1.12 bits per heavy atom. The van der Waals surface area contributed by atoms with Gasteiger partial charge >= 0.3 is 0 Å². The highest BCUT2D eigenvalue weighted by molar-refractivity contribution is 5.98. The van der Waals surface area contributed by atoms with Gasteiger partial charge in [0.15, 0.2) is 0 Å². The second kappa shape index (κ2) is 4.01. The number of para-hydroxylation sites is 1. The number of carbonyl (C=O) groups excluding carboxylic acids is 1. The van der Waals surface area contributed by atoms with Gasteiger partial charge in [0.05, 0.1) is 11.6 Å². The first-order valence-corrected chi connectivity index (χ1v) is 5.64. The van der Waals surface area contributed by atoms with E-state index in [0.717, 1.165) is 17.8 Å². The fourth-order valence-electron chi connectivity index (χ4n) is 2.17. The van der Waals surface area contributed by atoms with Crippen LogP contribution in [0.25, 0.3) is 0 Å². The summed E-state index contributed by atoms with van der Waals surface area (Å²) in [7, 11) is 0. The molecule has 0 aliphatic carbocycles. The molecule has 1 atom stereocenters. The predicted molar refractivity (Wildman–Crippen MR) is 65.8 cm³/mol. The molecule has 1 unspecified atom stereocenters. The number of benzene rings is 1. The topological polar surface area (TPSA) is 42.0 Å². The van der Waals surface area contributed by atoms with Crippen LogP contribution in [0.4, 0.5) is 5.69 Å². The Morgan fingerprint density at radius 2 is 1.94 bits per heavy atom. The summed E-state index contributed by atoms with van der Waals surface area (Å²) in [6, 6.07) is 13.6. The number of rotatable bonds is 1. The van der Waals surface area contributed by atoms with Gasteiger partial charge in [0.1, 0.15) is 0 Å². The number of nitrogens with zero attached hydrogens (tertiary/aromatic N) is 1. The molecule has 3 rings (SSSR count). The van der Waals surface area contributed by atoms with Crippen LogP contribution in [0.1, 0.15) is 17.2 Å². The van der Waals surface area contributed by atoms with E-state index in [0.29, 0.717) is 0 Å². The van der Waals surface area contributed by atoms with Crippen LogP contribution in [0.15, 0.2) is 48.7 Å². The lowest BCUT2D eigenvalue weighted by Crippen LogP contribution is -2.28. The Balaban J connectivity index is 1.98. The Hall–Kier alpha value is -2.16. The molecule has 1 aromatic heterocycles. The van der Waals surface area contributed by atoms with E-state index < -0.39 is 0 Å². The van der Waals surface area contributed by atoms with Crippen molar-refractivity contribution < 1.29 is 4.79 Å². The van der Waals surface area contributed by atoms with Crippen molar-refractivity contribution in [2.75, 3.05) is 5.32 Å². The minimum atomic E-state index is -0.175. The highest BCUT2D eigenvalue weighted by Gasteiger charge is 2.27. The maximum atomic E-state index is 12.0. The van der Waals surface area contributed by atoms with Crippen molar-refractivity contribution in [3.05, 3.63) is 59.9 Å². The van der Waals surface area contributed by atoms with E-state index in [4.69, 9.17) is 0 Å². The summed E-state index contributed by atoms with van der Waals surface area (Å²) < 4.78 is 0. The third kappa shape index (κ3) is 1.80. The summed E-state index contributed by atoms with van der Waals surface area (Å²) in [6.07, 6.45) is 2.45. The van der Waals surface area contributed by atoms with E-state index >= 15 is 0 Å². The molecule has 2 aromatic rings. The maximum Gasteiger partial charge on any atom is 0.233 e. The van der Waals surface area contributed by atoms with Crippen LogP contribution in [0, 0.1) is 0 Å². The number of carbonyl (C=O) groups is 1. The number of pyridine rings is 1. The molecule has 0 radical (unpaired) electrons. The van der Waals surface area contributed by atoms with Crippen LogP contribution in [0.2, 0.25) is 0 Å². The zero-order valence-corrected chi connectivity index (χ0v) is 9.26. The van der Waals surface area contributed by atoms with Gasteiger partial charge in [-0.1, -0.05) is 24.3 Å². The van der Waals surface area contributed by atoms with E-state index in [1.54, 1.807) is 6.20 Å². The molecule has 17 heavy (non-hydrogen) atoms. The average molecular weight is 224 g/mol. The van der Waals surface area contributed by atoms with Gasteiger partial charge < -0.3 is 5.32 Å². The van der Waals surface area contributed by atoms with Crippen molar-refractivity contribution in [2.45, 2.75) is 12.3 Å². The van der Waals surface area contributed by atoms with Crippen molar-refractivity contribution >= 4 is 11.6 Å². The number of hydrogen-bond donors (Lipinski definition) is 1. The fraction of sp³-hybridized carbons (Fsp3) is 0.143. The largest absolute Gasteiger partial charge is 0.325 e. The summed E-state index contributed by atoms with van der Waals surface area (Å²) in [5.41, 5.74) is 2.92. The zero-order valence-electron chi connectivity index (χ0n) is 9.26. The molecule has 0 saturated heterocycles. The van der Waals surface area contributed by atoms with Crippen LogP contribution in [0.3, 0.4) is 0 Å². The molecule has 0 fully saturated rings. The van der Waals surface area contributed by atoms with E-state index in [1.165, 1.54) is 5.56 Å². The van der Waals surface area contributed by atoms with E-state index in [-0.39, 0.29) is 11.8 Å². The lowest BCUT2D eigenvalue weighted by molar-refractivity contribution is -0.117. The second-order valence-electron chi connectivity index (χ2n) is 4.16. The Bertz CT molecular complexity index is 551. The number of aromatic nitrogens is 1. The minimum Gasteiger partial charge on any atom is -0.325 e. The van der Waals surface area contributed by atoms with E-state index in [9.17, 15) is 4.79 Å². The SMILES string of the molecule is O=C1Nc2ccccc2CC1c1ccccn1. The van der Waals surface area contributed by atoms with Gasteiger partial charge in [-0.05, 0) is 30.2 Å². The Labute approximate surface area is 99.5 Å². The van der Waals surface area contributed by atoms with E-state index in [1.807, 2.05) is 42.5 Å². The van der Waals surface area contributed by atoms with Crippen molar-refractivity contribution in [3.63, 3.8) is 0 Å². The first-order chi connectivity index (χ1) is 8.34. The minimum absolute atomic E-state index is 0.0300. The number of amides is 1. The van der Waals surface area contributed by atoms with Crippen LogP contribution in [0.5, 0.6) is 0 Å². The highest BCUT2D eigenvalue weighted by Crippen LogP contribution is 2.30. The lowest BCUT2D eigenvalue weighted by atomic mass is 9.90. The third-order valence-electron chi connectivity index (χ3n) is 3.06. The second-order valence-corrected chi connectivity index (χ2v) is 4.16. The Kier molecular flexibility index (Phi) is 2.37. The fourth-order valence-corrected chi connectivity index (χ4v) is 2.17. The van der Waals surface area contributed by atoms with Gasteiger partial charge in [-0.3, -0.25) is 9.78 Å². The lowest BCUT2D eigenvalue weighted by Gasteiger charge is -2.24. The normalized spacial score (nSPS) is 18.4. The van der Waals surface area contributed by atoms with E-state index in [2.05, 4.69) is 10.3 Å². The molecule has 1 aliphatic rings. The maximum absolute atomic E-state index is 12.0. The summed E-state index contributed by atoms with van der Waals surface area (Å²) in [5.74, 6) is -0.145. The molecule has 2 heterocycles. The van der Waals surface area contributed by atoms with Crippen LogP contribution >= 0.6 is 0 Å². The molecule has 0 spiro atoms. The van der Waals surface area contributed by atoms with Crippen LogP contribution in [-0.4, -0.2) is 10.9 Å². The molecule has 3 heteroatoms. The summed E-state index contributed by atoms with van der Waals surface area (Å²) in [6.45, 7) is 0. The summed E-state index contributed by atoms with van der Waals surface area (Å²) in [4.78, 5) is 16.3. The first kappa shape index (κ1) is 10.0. The smallest absolute Gasteiger partial charge is 0.233 e. The standard InChI is InChI=1S/C14H12N2O/c17-14-11(13-7-3-4-8-15-13)9-10-5-1-2-6-12(10)16-14/h1-8,11H,9H2,(H,16,17). The van der Waals surface area contributed by atoms with Crippen LogP contribution < -0.4 is 5.32 Å². The summed E-state index contributed by atoms with van der Waals surface area (Å²) in [5, 5.41) is 2.93. The number of anilines is 1. The first-order valence-electron chi connectivity index (χ1n) is 5.64. The Morgan fingerprint density at radius 3 is 2.76 bits per heavy atom. The number of nitrogens with one attached hydrogen (secondary N) is 1. The highest BCUT2D eigenvalue weighted by atomic mass is 16.2. The molecule has 0 bridgehead atoms. The molecule has 1 N–H and O–H groups in total. The predicted octanol–water partition coefficient (Wildman–Crippen LogP) is 2.36. The van der Waals surface area contributed by atoms with Gasteiger partial charge in [0.2, 0.25) is 5.91 Å². The zero-order chi connectivity index (χ0) is 11.7. The third-order valence-corrected chi connectivity index (χ3v) is 3.06. The quantitative estimate of drug-likeness (QED) is 0.808. The van der Waals surface area contributed by atoms with Gasteiger partial charge in [-0.15, -0.1) is 0 Å².